The lowest BCUT2D eigenvalue weighted by Gasteiger charge is -2.29. The van der Waals surface area contributed by atoms with Gasteiger partial charge in [0.2, 0.25) is 5.91 Å². The van der Waals surface area contributed by atoms with E-state index < -0.39 is 0 Å². The summed E-state index contributed by atoms with van der Waals surface area (Å²) in [6, 6.07) is 0.900. The fraction of sp³-hybridized carbons (Fsp3) is 0.917. The highest BCUT2D eigenvalue weighted by Gasteiger charge is 2.25. The molecule has 4 nitrogen and oxygen atoms in total. The van der Waals surface area contributed by atoms with Crippen molar-refractivity contribution in [3.63, 3.8) is 0 Å². The highest BCUT2D eigenvalue weighted by Crippen LogP contribution is 2.18. The summed E-state index contributed by atoms with van der Waals surface area (Å²) in [7, 11) is 0. The van der Waals surface area contributed by atoms with E-state index in [0.29, 0.717) is 12.1 Å². The van der Waals surface area contributed by atoms with Crippen molar-refractivity contribution in [3.05, 3.63) is 0 Å². The van der Waals surface area contributed by atoms with Crippen LogP contribution < -0.4 is 16.4 Å². The number of nitrogens with two attached hydrogens (primary N) is 1. The van der Waals surface area contributed by atoms with Crippen LogP contribution in [0, 0.1) is 0 Å². The van der Waals surface area contributed by atoms with Gasteiger partial charge in [-0.1, -0.05) is 0 Å². The summed E-state index contributed by atoms with van der Waals surface area (Å²) in [5.41, 5.74) is 5.88. The van der Waals surface area contributed by atoms with Crippen LogP contribution >= 0.6 is 0 Å². The Balaban J connectivity index is 1.80. The standard InChI is InChI=1S/C12H23N3O/c13-9-4-6-10(7-5-9)15-11-3-1-2-8-14-12(11)16/h9-11,15H,1-8,13H2,(H,14,16). The Morgan fingerprint density at radius 1 is 1.12 bits per heavy atom. The van der Waals surface area contributed by atoms with Gasteiger partial charge in [-0.2, -0.15) is 0 Å². The van der Waals surface area contributed by atoms with Crippen LogP contribution in [0.4, 0.5) is 0 Å². The molecule has 1 aliphatic heterocycles. The Labute approximate surface area is 97.3 Å². The molecule has 1 unspecified atom stereocenters. The van der Waals surface area contributed by atoms with Crippen molar-refractivity contribution in [2.45, 2.75) is 63.1 Å². The molecular formula is C12H23N3O. The van der Waals surface area contributed by atoms with Gasteiger partial charge in [-0.05, 0) is 44.9 Å². The zero-order valence-electron chi connectivity index (χ0n) is 9.87. The van der Waals surface area contributed by atoms with Crippen molar-refractivity contribution in [3.8, 4) is 0 Å². The third-order valence-electron chi connectivity index (χ3n) is 3.74. The largest absolute Gasteiger partial charge is 0.355 e. The molecule has 0 spiro atoms. The topological polar surface area (TPSA) is 67.2 Å². The molecule has 4 N–H and O–H groups in total. The summed E-state index contributed by atoms with van der Waals surface area (Å²) in [6.45, 7) is 0.840. The predicted octanol–water partition coefficient (Wildman–Crippen LogP) is 0.515. The minimum atomic E-state index is 0.0295. The molecule has 2 fully saturated rings. The number of carbonyl (C=O) groups excluding carboxylic acids is 1. The highest BCUT2D eigenvalue weighted by molar-refractivity contribution is 5.81. The van der Waals surface area contributed by atoms with Crippen molar-refractivity contribution in [1.82, 2.24) is 10.6 Å². The van der Waals surface area contributed by atoms with Crippen molar-refractivity contribution in [1.29, 1.82) is 0 Å². The van der Waals surface area contributed by atoms with Crippen LogP contribution in [0.15, 0.2) is 0 Å². The van der Waals surface area contributed by atoms with Crippen LogP contribution in [0.5, 0.6) is 0 Å². The van der Waals surface area contributed by atoms with Gasteiger partial charge in [-0.25, -0.2) is 0 Å². The van der Waals surface area contributed by atoms with Gasteiger partial charge in [-0.15, -0.1) is 0 Å². The first kappa shape index (κ1) is 11.9. The summed E-state index contributed by atoms with van der Waals surface area (Å²) in [5, 5.41) is 6.47. The van der Waals surface area contributed by atoms with Crippen LogP contribution in [-0.2, 0) is 4.79 Å². The first-order valence-corrected chi connectivity index (χ1v) is 6.55. The van der Waals surface area contributed by atoms with Gasteiger partial charge < -0.3 is 16.4 Å². The average molecular weight is 225 g/mol. The molecule has 92 valence electrons. The van der Waals surface area contributed by atoms with E-state index in [2.05, 4.69) is 10.6 Å². The third-order valence-corrected chi connectivity index (χ3v) is 3.74. The first-order chi connectivity index (χ1) is 7.75. The van der Waals surface area contributed by atoms with E-state index in [1.165, 1.54) is 0 Å². The molecular weight excluding hydrogens is 202 g/mol. The number of nitrogens with one attached hydrogen (secondary N) is 2. The van der Waals surface area contributed by atoms with Crippen LogP contribution in [0.2, 0.25) is 0 Å². The molecule has 0 aromatic carbocycles. The summed E-state index contributed by atoms with van der Waals surface area (Å²) in [4.78, 5) is 11.8. The molecule has 1 atom stereocenters. The van der Waals surface area contributed by atoms with Gasteiger partial charge in [0.25, 0.3) is 0 Å². The van der Waals surface area contributed by atoms with E-state index in [0.717, 1.165) is 51.5 Å². The number of amides is 1. The second kappa shape index (κ2) is 5.64. The molecule has 1 saturated carbocycles. The zero-order valence-corrected chi connectivity index (χ0v) is 9.87. The minimum Gasteiger partial charge on any atom is -0.355 e. The molecule has 0 radical (unpaired) electrons. The second-order valence-electron chi connectivity index (χ2n) is 5.12. The first-order valence-electron chi connectivity index (χ1n) is 6.55. The monoisotopic (exact) mass is 225 g/mol. The lowest BCUT2D eigenvalue weighted by Crippen LogP contribution is -2.49. The fourth-order valence-corrected chi connectivity index (χ4v) is 2.67. The second-order valence-corrected chi connectivity index (χ2v) is 5.12. The van der Waals surface area contributed by atoms with Gasteiger partial charge in [0.1, 0.15) is 0 Å². The quantitative estimate of drug-likeness (QED) is 0.641. The lowest BCUT2D eigenvalue weighted by molar-refractivity contribution is -0.123. The Morgan fingerprint density at radius 2 is 1.88 bits per heavy atom. The SMILES string of the molecule is NC1CCC(NC2CCCCNC2=O)CC1. The summed E-state index contributed by atoms with van der Waals surface area (Å²) >= 11 is 0. The van der Waals surface area contributed by atoms with Gasteiger partial charge >= 0.3 is 0 Å². The summed E-state index contributed by atoms with van der Waals surface area (Å²) in [5.74, 6) is 0.187. The molecule has 1 aliphatic carbocycles. The van der Waals surface area contributed by atoms with Crippen molar-refractivity contribution in [2.24, 2.45) is 5.73 Å². The molecule has 0 aromatic rings. The molecule has 2 rings (SSSR count). The van der Waals surface area contributed by atoms with Gasteiger partial charge in [0, 0.05) is 18.6 Å². The number of hydrogen-bond acceptors (Lipinski definition) is 3. The molecule has 2 aliphatic rings. The maximum absolute atomic E-state index is 11.8. The normalized spacial score (nSPS) is 36.6. The van der Waals surface area contributed by atoms with E-state index in [4.69, 9.17) is 5.73 Å². The minimum absolute atomic E-state index is 0.0295. The molecule has 1 amide bonds. The van der Waals surface area contributed by atoms with Crippen LogP contribution in [-0.4, -0.2) is 30.6 Å². The zero-order chi connectivity index (χ0) is 11.4. The van der Waals surface area contributed by atoms with E-state index in [1.54, 1.807) is 0 Å². The molecule has 0 aromatic heterocycles. The van der Waals surface area contributed by atoms with Crippen molar-refractivity contribution >= 4 is 5.91 Å². The molecule has 1 heterocycles. The Hall–Kier alpha value is -0.610. The summed E-state index contributed by atoms with van der Waals surface area (Å²) in [6.07, 6.45) is 7.64. The highest BCUT2D eigenvalue weighted by atomic mass is 16.2. The average Bonchev–Trinajstić information content (AvgIpc) is 2.48. The van der Waals surface area contributed by atoms with Gasteiger partial charge in [0.15, 0.2) is 0 Å². The van der Waals surface area contributed by atoms with E-state index in [1.807, 2.05) is 0 Å². The maximum Gasteiger partial charge on any atom is 0.237 e. The van der Waals surface area contributed by atoms with Crippen molar-refractivity contribution in [2.75, 3.05) is 6.54 Å². The van der Waals surface area contributed by atoms with Gasteiger partial charge in [0.05, 0.1) is 6.04 Å². The summed E-state index contributed by atoms with van der Waals surface area (Å²) < 4.78 is 0. The Morgan fingerprint density at radius 3 is 2.62 bits per heavy atom. The maximum atomic E-state index is 11.8. The van der Waals surface area contributed by atoms with E-state index >= 15 is 0 Å². The Bertz CT molecular complexity index is 236. The molecule has 16 heavy (non-hydrogen) atoms. The fourth-order valence-electron chi connectivity index (χ4n) is 2.67. The van der Waals surface area contributed by atoms with Crippen LogP contribution in [0.3, 0.4) is 0 Å². The van der Waals surface area contributed by atoms with E-state index in [-0.39, 0.29) is 11.9 Å². The van der Waals surface area contributed by atoms with Crippen LogP contribution in [0.25, 0.3) is 0 Å². The predicted molar refractivity (Wildman–Crippen MR) is 64.0 cm³/mol. The smallest absolute Gasteiger partial charge is 0.237 e. The molecule has 1 saturated heterocycles. The number of carbonyl (C=O) groups is 1. The molecule has 4 heteroatoms. The lowest BCUT2D eigenvalue weighted by atomic mass is 9.91. The van der Waals surface area contributed by atoms with Crippen molar-refractivity contribution < 1.29 is 4.79 Å². The molecule has 0 bridgehead atoms. The Kier molecular flexibility index (Phi) is 4.18. The van der Waals surface area contributed by atoms with E-state index in [9.17, 15) is 4.79 Å². The van der Waals surface area contributed by atoms with Crippen LogP contribution in [0.1, 0.15) is 44.9 Å². The number of hydrogen-bond donors (Lipinski definition) is 3. The third kappa shape index (κ3) is 3.19. The number of rotatable bonds is 2. The van der Waals surface area contributed by atoms with Gasteiger partial charge in [-0.3, -0.25) is 4.79 Å².